The minimum atomic E-state index is -0.516. The molecule has 0 atom stereocenters. The Balaban J connectivity index is 1.81. The number of H-pyrrole nitrogens is 1. The number of aromatic nitrogens is 1. The highest BCUT2D eigenvalue weighted by Crippen LogP contribution is 2.24. The number of hydrogen-bond acceptors (Lipinski definition) is 4. The van der Waals surface area contributed by atoms with Crippen LogP contribution in [0.1, 0.15) is 35.3 Å². The molecule has 0 aliphatic carbocycles. The first-order valence-corrected chi connectivity index (χ1v) is 9.36. The molecule has 0 saturated heterocycles. The van der Waals surface area contributed by atoms with E-state index in [0.29, 0.717) is 17.9 Å². The number of aryl methyl sites for hydroxylation is 1. The number of rotatable bonds is 6. The standard InChI is InChI=1S/C23H21N3O3/c1-3-15-6-5-7-20-18(14-25-21(15)20)12-17(13-24)22(27)26-19-10-8-16(9-11-19)23(28)29-4-2/h5-12,14,25H,3-4H2,1-2H3,(H,26,27)/b17-12+. The van der Waals surface area contributed by atoms with Gasteiger partial charge in [0.25, 0.3) is 5.91 Å². The summed E-state index contributed by atoms with van der Waals surface area (Å²) in [5, 5.41) is 13.1. The topological polar surface area (TPSA) is 95.0 Å². The second kappa shape index (κ2) is 8.89. The van der Waals surface area contributed by atoms with Crippen LogP contribution < -0.4 is 5.32 Å². The predicted molar refractivity (Wildman–Crippen MR) is 112 cm³/mol. The van der Waals surface area contributed by atoms with Gasteiger partial charge in [-0.15, -0.1) is 0 Å². The number of fused-ring (bicyclic) bond motifs is 1. The average Bonchev–Trinajstić information content (AvgIpc) is 3.15. The summed E-state index contributed by atoms with van der Waals surface area (Å²) in [5.74, 6) is -0.939. The summed E-state index contributed by atoms with van der Waals surface area (Å²) in [6, 6.07) is 14.2. The molecule has 1 heterocycles. The van der Waals surface area contributed by atoms with Crippen LogP contribution in [0.3, 0.4) is 0 Å². The molecule has 29 heavy (non-hydrogen) atoms. The van der Waals surface area contributed by atoms with E-state index in [9.17, 15) is 14.9 Å². The van der Waals surface area contributed by atoms with Gasteiger partial charge in [0.15, 0.2) is 0 Å². The van der Waals surface area contributed by atoms with Gasteiger partial charge in [0, 0.05) is 28.4 Å². The third kappa shape index (κ3) is 4.36. The van der Waals surface area contributed by atoms with Gasteiger partial charge in [0.2, 0.25) is 0 Å². The smallest absolute Gasteiger partial charge is 0.338 e. The second-order valence-electron chi connectivity index (χ2n) is 6.36. The third-order valence-electron chi connectivity index (χ3n) is 4.53. The maximum absolute atomic E-state index is 12.5. The Morgan fingerprint density at radius 3 is 2.59 bits per heavy atom. The van der Waals surface area contributed by atoms with Crippen LogP contribution in [0.4, 0.5) is 5.69 Å². The first kappa shape index (κ1) is 19.9. The molecule has 0 unspecified atom stereocenters. The van der Waals surface area contributed by atoms with Gasteiger partial charge < -0.3 is 15.0 Å². The van der Waals surface area contributed by atoms with Crippen molar-refractivity contribution in [1.29, 1.82) is 5.26 Å². The number of nitriles is 1. The molecule has 0 bridgehead atoms. The number of esters is 1. The number of carbonyl (C=O) groups excluding carboxylic acids is 2. The van der Waals surface area contributed by atoms with Crippen molar-refractivity contribution >= 4 is 34.5 Å². The Labute approximate surface area is 168 Å². The van der Waals surface area contributed by atoms with E-state index in [4.69, 9.17) is 4.74 Å². The molecule has 6 heteroatoms. The normalized spacial score (nSPS) is 11.1. The number of nitrogens with zero attached hydrogens (tertiary/aromatic N) is 1. The molecule has 2 N–H and O–H groups in total. The molecule has 1 amide bonds. The van der Waals surface area contributed by atoms with Gasteiger partial charge in [-0.1, -0.05) is 25.1 Å². The summed E-state index contributed by atoms with van der Waals surface area (Å²) in [4.78, 5) is 27.5. The Bertz CT molecular complexity index is 1120. The van der Waals surface area contributed by atoms with E-state index in [0.717, 1.165) is 22.9 Å². The number of anilines is 1. The minimum Gasteiger partial charge on any atom is -0.462 e. The lowest BCUT2D eigenvalue weighted by Crippen LogP contribution is -2.13. The number of para-hydroxylation sites is 1. The van der Waals surface area contributed by atoms with E-state index < -0.39 is 11.9 Å². The molecule has 0 spiro atoms. The van der Waals surface area contributed by atoms with Crippen LogP contribution in [-0.2, 0) is 16.0 Å². The SMILES string of the molecule is CCOC(=O)c1ccc(NC(=O)/C(C#N)=C/c2c[nH]c3c(CC)cccc23)cc1. The minimum absolute atomic E-state index is 0.0118. The molecule has 0 radical (unpaired) electrons. The molecule has 0 fully saturated rings. The molecule has 1 aromatic heterocycles. The number of hydrogen-bond donors (Lipinski definition) is 2. The van der Waals surface area contributed by atoms with Crippen molar-refractivity contribution in [3.8, 4) is 6.07 Å². The van der Waals surface area contributed by atoms with Gasteiger partial charge >= 0.3 is 5.97 Å². The van der Waals surface area contributed by atoms with Crippen molar-refractivity contribution < 1.29 is 14.3 Å². The first-order valence-electron chi connectivity index (χ1n) is 9.36. The summed E-state index contributed by atoms with van der Waals surface area (Å²) in [5.41, 5.74) is 3.82. The molecule has 2 aromatic carbocycles. The zero-order valence-corrected chi connectivity index (χ0v) is 16.3. The average molecular weight is 387 g/mol. The second-order valence-corrected chi connectivity index (χ2v) is 6.36. The fourth-order valence-electron chi connectivity index (χ4n) is 3.06. The van der Waals surface area contributed by atoms with Crippen LogP contribution in [-0.4, -0.2) is 23.5 Å². The van der Waals surface area contributed by atoms with E-state index >= 15 is 0 Å². The van der Waals surface area contributed by atoms with Gasteiger partial charge in [-0.3, -0.25) is 4.79 Å². The van der Waals surface area contributed by atoms with E-state index in [1.807, 2.05) is 24.3 Å². The number of benzene rings is 2. The third-order valence-corrected chi connectivity index (χ3v) is 4.53. The van der Waals surface area contributed by atoms with Crippen LogP contribution >= 0.6 is 0 Å². The number of amides is 1. The fraction of sp³-hybridized carbons (Fsp3) is 0.174. The summed E-state index contributed by atoms with van der Waals surface area (Å²) < 4.78 is 4.93. The van der Waals surface area contributed by atoms with Gasteiger partial charge in [0.05, 0.1) is 12.2 Å². The van der Waals surface area contributed by atoms with Crippen molar-refractivity contribution in [1.82, 2.24) is 4.98 Å². The molecule has 0 aliphatic rings. The van der Waals surface area contributed by atoms with Crippen molar-refractivity contribution in [2.75, 3.05) is 11.9 Å². The van der Waals surface area contributed by atoms with E-state index in [-0.39, 0.29) is 5.57 Å². The lowest BCUT2D eigenvalue weighted by atomic mass is 10.1. The van der Waals surface area contributed by atoms with Gasteiger partial charge in [-0.25, -0.2) is 4.79 Å². The molecule has 0 aliphatic heterocycles. The predicted octanol–water partition coefficient (Wildman–Crippen LogP) is 4.45. The van der Waals surface area contributed by atoms with Crippen molar-refractivity contribution in [2.45, 2.75) is 20.3 Å². The van der Waals surface area contributed by atoms with E-state index in [1.165, 1.54) is 5.56 Å². The van der Waals surface area contributed by atoms with Crippen LogP contribution in [0, 0.1) is 11.3 Å². The summed E-state index contributed by atoms with van der Waals surface area (Å²) in [6.45, 7) is 4.10. The molecule has 3 aromatic rings. The molecular weight excluding hydrogens is 366 g/mol. The van der Waals surface area contributed by atoms with Crippen LogP contribution in [0.2, 0.25) is 0 Å². The highest BCUT2D eigenvalue weighted by molar-refractivity contribution is 6.11. The van der Waals surface area contributed by atoms with Crippen molar-refractivity contribution in [3.63, 3.8) is 0 Å². The fourth-order valence-corrected chi connectivity index (χ4v) is 3.06. The lowest BCUT2D eigenvalue weighted by molar-refractivity contribution is -0.112. The first-order chi connectivity index (χ1) is 14.1. The number of ether oxygens (including phenoxy) is 1. The summed E-state index contributed by atoms with van der Waals surface area (Å²) in [7, 11) is 0. The highest BCUT2D eigenvalue weighted by atomic mass is 16.5. The molecule has 0 saturated carbocycles. The maximum Gasteiger partial charge on any atom is 0.338 e. The van der Waals surface area contributed by atoms with Crippen LogP contribution in [0.5, 0.6) is 0 Å². The summed E-state index contributed by atoms with van der Waals surface area (Å²) in [6.07, 6.45) is 4.25. The highest BCUT2D eigenvalue weighted by Gasteiger charge is 2.13. The van der Waals surface area contributed by atoms with E-state index in [2.05, 4.69) is 17.2 Å². The van der Waals surface area contributed by atoms with Crippen molar-refractivity contribution in [3.05, 3.63) is 70.9 Å². The van der Waals surface area contributed by atoms with E-state index in [1.54, 1.807) is 43.5 Å². The Hall–Kier alpha value is -3.85. The number of aromatic amines is 1. The molecule has 146 valence electrons. The number of carbonyl (C=O) groups is 2. The van der Waals surface area contributed by atoms with Gasteiger partial charge in [-0.05, 0) is 49.2 Å². The number of nitrogens with one attached hydrogen (secondary N) is 2. The quantitative estimate of drug-likeness (QED) is 0.371. The Kier molecular flexibility index (Phi) is 6.10. The lowest BCUT2D eigenvalue weighted by Gasteiger charge is -2.06. The van der Waals surface area contributed by atoms with Gasteiger partial charge in [0.1, 0.15) is 11.6 Å². The monoisotopic (exact) mass is 387 g/mol. The molecular formula is C23H21N3O3. The Morgan fingerprint density at radius 2 is 1.93 bits per heavy atom. The van der Waals surface area contributed by atoms with Crippen LogP contribution in [0.15, 0.2) is 54.2 Å². The van der Waals surface area contributed by atoms with Crippen molar-refractivity contribution in [2.24, 2.45) is 0 Å². The molecule has 6 nitrogen and oxygen atoms in total. The molecule has 3 rings (SSSR count). The zero-order chi connectivity index (χ0) is 20.8. The Morgan fingerprint density at radius 1 is 1.17 bits per heavy atom. The van der Waals surface area contributed by atoms with Crippen LogP contribution in [0.25, 0.3) is 17.0 Å². The maximum atomic E-state index is 12.5. The zero-order valence-electron chi connectivity index (χ0n) is 16.3. The summed E-state index contributed by atoms with van der Waals surface area (Å²) >= 11 is 0. The van der Waals surface area contributed by atoms with Gasteiger partial charge in [-0.2, -0.15) is 5.26 Å². The largest absolute Gasteiger partial charge is 0.462 e.